The first kappa shape index (κ1) is 14.4. The second-order valence-electron chi connectivity index (χ2n) is 3.66. The molecule has 18 heavy (non-hydrogen) atoms. The number of aromatic nitrogens is 1. The number of pyridine rings is 1. The van der Waals surface area contributed by atoms with E-state index in [2.05, 4.69) is 15.6 Å². The zero-order chi connectivity index (χ0) is 13.2. The standard InChI is InChI=1S/C12H19N3O3/c1-17-6-5-13-9-11(16)14-7-10-3-4-12(18-2)15-8-10/h3-4,8,13H,5-7,9H2,1-2H3,(H,14,16). The quantitative estimate of drug-likeness (QED) is 0.635. The molecule has 100 valence electrons. The molecule has 0 fully saturated rings. The Morgan fingerprint density at radius 3 is 2.83 bits per heavy atom. The van der Waals surface area contributed by atoms with Crippen molar-refractivity contribution in [2.24, 2.45) is 0 Å². The van der Waals surface area contributed by atoms with Crippen LogP contribution in [0.5, 0.6) is 5.88 Å². The molecule has 0 saturated heterocycles. The molecule has 0 bridgehead atoms. The minimum absolute atomic E-state index is 0.0538. The molecule has 0 unspecified atom stereocenters. The van der Waals surface area contributed by atoms with Gasteiger partial charge in [-0.1, -0.05) is 6.07 Å². The lowest BCUT2D eigenvalue weighted by Gasteiger charge is -2.06. The summed E-state index contributed by atoms with van der Waals surface area (Å²) in [6, 6.07) is 3.63. The molecule has 6 heteroatoms. The van der Waals surface area contributed by atoms with Crippen LogP contribution in [0.3, 0.4) is 0 Å². The van der Waals surface area contributed by atoms with Crippen LogP contribution >= 0.6 is 0 Å². The normalized spacial score (nSPS) is 10.1. The zero-order valence-corrected chi connectivity index (χ0v) is 10.7. The van der Waals surface area contributed by atoms with Gasteiger partial charge in [0.05, 0.1) is 20.3 Å². The summed E-state index contributed by atoms with van der Waals surface area (Å²) in [4.78, 5) is 15.5. The number of methoxy groups -OCH3 is 2. The summed E-state index contributed by atoms with van der Waals surface area (Å²) in [5.74, 6) is 0.508. The first-order chi connectivity index (χ1) is 8.76. The maximum atomic E-state index is 11.4. The molecule has 0 aliphatic rings. The number of nitrogens with one attached hydrogen (secondary N) is 2. The van der Waals surface area contributed by atoms with Gasteiger partial charge >= 0.3 is 0 Å². The second-order valence-corrected chi connectivity index (χ2v) is 3.66. The lowest BCUT2D eigenvalue weighted by molar-refractivity contribution is -0.120. The molecule has 1 heterocycles. The molecule has 1 aromatic heterocycles. The van der Waals surface area contributed by atoms with Crippen molar-refractivity contribution >= 4 is 5.91 Å². The van der Waals surface area contributed by atoms with Gasteiger partial charge in [0.1, 0.15) is 0 Å². The molecule has 0 radical (unpaired) electrons. The van der Waals surface area contributed by atoms with E-state index in [0.717, 1.165) is 5.56 Å². The highest BCUT2D eigenvalue weighted by Crippen LogP contribution is 2.05. The summed E-state index contributed by atoms with van der Waals surface area (Å²) in [6.07, 6.45) is 1.68. The van der Waals surface area contributed by atoms with E-state index in [1.807, 2.05) is 6.07 Å². The van der Waals surface area contributed by atoms with Crippen LogP contribution in [-0.4, -0.2) is 44.8 Å². The third kappa shape index (κ3) is 5.60. The van der Waals surface area contributed by atoms with Gasteiger partial charge in [0, 0.05) is 32.5 Å². The summed E-state index contributed by atoms with van der Waals surface area (Å²) in [5, 5.41) is 5.76. The Kier molecular flexibility index (Phi) is 6.75. The number of carbonyl (C=O) groups is 1. The molecule has 0 aliphatic carbocycles. The predicted octanol–water partition coefficient (Wildman–Crippen LogP) is -0.0576. The molecule has 1 rings (SSSR count). The summed E-state index contributed by atoms with van der Waals surface area (Å²) >= 11 is 0. The fraction of sp³-hybridized carbons (Fsp3) is 0.500. The third-order valence-corrected chi connectivity index (χ3v) is 2.26. The van der Waals surface area contributed by atoms with Gasteiger partial charge in [0.2, 0.25) is 11.8 Å². The van der Waals surface area contributed by atoms with Crippen LogP contribution in [0.4, 0.5) is 0 Å². The van der Waals surface area contributed by atoms with E-state index < -0.39 is 0 Å². The largest absolute Gasteiger partial charge is 0.481 e. The Balaban J connectivity index is 2.20. The molecular formula is C12H19N3O3. The fourth-order valence-corrected chi connectivity index (χ4v) is 1.28. The van der Waals surface area contributed by atoms with Crippen LogP contribution in [0.15, 0.2) is 18.3 Å². The number of hydrogen-bond donors (Lipinski definition) is 2. The Labute approximate surface area is 107 Å². The molecule has 1 aromatic rings. The summed E-state index contributed by atoms with van der Waals surface area (Å²) in [7, 11) is 3.19. The van der Waals surface area contributed by atoms with Crippen molar-refractivity contribution in [2.75, 3.05) is 33.9 Å². The highest BCUT2D eigenvalue weighted by molar-refractivity contribution is 5.77. The van der Waals surface area contributed by atoms with Gasteiger partial charge in [-0.25, -0.2) is 4.98 Å². The second kappa shape index (κ2) is 8.43. The van der Waals surface area contributed by atoms with Crippen molar-refractivity contribution in [2.45, 2.75) is 6.54 Å². The minimum Gasteiger partial charge on any atom is -0.481 e. The lowest BCUT2D eigenvalue weighted by Crippen LogP contribution is -2.34. The number of carbonyl (C=O) groups excluding carboxylic acids is 1. The number of amides is 1. The van der Waals surface area contributed by atoms with Gasteiger partial charge in [-0.3, -0.25) is 4.79 Å². The van der Waals surface area contributed by atoms with Crippen molar-refractivity contribution in [3.63, 3.8) is 0 Å². The molecular weight excluding hydrogens is 234 g/mol. The third-order valence-electron chi connectivity index (χ3n) is 2.26. The number of ether oxygens (including phenoxy) is 2. The van der Waals surface area contributed by atoms with Crippen molar-refractivity contribution in [1.82, 2.24) is 15.6 Å². The lowest BCUT2D eigenvalue weighted by atomic mass is 10.3. The van der Waals surface area contributed by atoms with Gasteiger partial charge in [-0.2, -0.15) is 0 Å². The first-order valence-electron chi connectivity index (χ1n) is 5.71. The Morgan fingerprint density at radius 2 is 2.22 bits per heavy atom. The van der Waals surface area contributed by atoms with Crippen LogP contribution in [-0.2, 0) is 16.1 Å². The molecule has 1 amide bonds. The summed E-state index contributed by atoms with van der Waals surface area (Å²) < 4.78 is 9.81. The monoisotopic (exact) mass is 253 g/mol. The van der Waals surface area contributed by atoms with E-state index in [-0.39, 0.29) is 12.5 Å². The predicted molar refractivity (Wildman–Crippen MR) is 67.4 cm³/mol. The average molecular weight is 253 g/mol. The first-order valence-corrected chi connectivity index (χ1v) is 5.71. The molecule has 2 N–H and O–H groups in total. The zero-order valence-electron chi connectivity index (χ0n) is 10.7. The van der Waals surface area contributed by atoms with Crippen LogP contribution in [0.1, 0.15) is 5.56 Å². The van der Waals surface area contributed by atoms with E-state index >= 15 is 0 Å². The van der Waals surface area contributed by atoms with Crippen LogP contribution in [0, 0.1) is 0 Å². The molecule has 0 atom stereocenters. The van der Waals surface area contributed by atoms with E-state index in [0.29, 0.717) is 25.6 Å². The fourth-order valence-electron chi connectivity index (χ4n) is 1.28. The van der Waals surface area contributed by atoms with E-state index in [1.54, 1.807) is 26.5 Å². The molecule has 0 saturated carbocycles. The van der Waals surface area contributed by atoms with Gasteiger partial charge in [0.25, 0.3) is 0 Å². The highest BCUT2D eigenvalue weighted by atomic mass is 16.5. The van der Waals surface area contributed by atoms with E-state index in [9.17, 15) is 4.79 Å². The van der Waals surface area contributed by atoms with Gasteiger partial charge in [-0.05, 0) is 5.56 Å². The van der Waals surface area contributed by atoms with Gasteiger partial charge < -0.3 is 20.1 Å². The molecule has 0 spiro atoms. The Morgan fingerprint density at radius 1 is 1.39 bits per heavy atom. The van der Waals surface area contributed by atoms with Crippen molar-refractivity contribution < 1.29 is 14.3 Å². The van der Waals surface area contributed by atoms with E-state index in [4.69, 9.17) is 9.47 Å². The number of rotatable bonds is 8. The SMILES string of the molecule is COCCNCC(=O)NCc1ccc(OC)nc1. The maximum absolute atomic E-state index is 11.4. The number of hydrogen-bond acceptors (Lipinski definition) is 5. The van der Waals surface area contributed by atoms with Crippen LogP contribution in [0.2, 0.25) is 0 Å². The van der Waals surface area contributed by atoms with Crippen molar-refractivity contribution in [3.8, 4) is 5.88 Å². The smallest absolute Gasteiger partial charge is 0.234 e. The minimum atomic E-state index is -0.0538. The van der Waals surface area contributed by atoms with Crippen molar-refractivity contribution in [3.05, 3.63) is 23.9 Å². The Bertz CT molecular complexity index is 354. The van der Waals surface area contributed by atoms with Gasteiger partial charge in [0.15, 0.2) is 0 Å². The van der Waals surface area contributed by atoms with Gasteiger partial charge in [-0.15, -0.1) is 0 Å². The van der Waals surface area contributed by atoms with Crippen LogP contribution in [0.25, 0.3) is 0 Å². The molecule has 0 aliphatic heterocycles. The number of nitrogens with zero attached hydrogens (tertiary/aromatic N) is 1. The molecule has 6 nitrogen and oxygen atoms in total. The highest BCUT2D eigenvalue weighted by Gasteiger charge is 2.01. The summed E-state index contributed by atoms with van der Waals surface area (Å²) in [5.41, 5.74) is 0.932. The molecule has 0 aromatic carbocycles. The van der Waals surface area contributed by atoms with E-state index in [1.165, 1.54) is 0 Å². The van der Waals surface area contributed by atoms with Crippen molar-refractivity contribution in [1.29, 1.82) is 0 Å². The van der Waals surface area contributed by atoms with Crippen LogP contribution < -0.4 is 15.4 Å². The maximum Gasteiger partial charge on any atom is 0.234 e. The topological polar surface area (TPSA) is 72.5 Å². The average Bonchev–Trinajstić information content (AvgIpc) is 2.42. The summed E-state index contributed by atoms with van der Waals surface area (Å²) in [6.45, 7) is 2.00. The Hall–Kier alpha value is -1.66.